The number of Topliss-reactive ketones (excluding diaryl/α,β-unsaturated/α-hetero) is 1. The molecule has 0 aliphatic heterocycles. The van der Waals surface area contributed by atoms with Gasteiger partial charge in [0, 0.05) is 5.56 Å². The SMILES string of the molecule is CCCC[C@@](O[Si](C)(c1ccccc1)c1ccccc1)(C(=O)c1ccccc1)/C(C)=C/C1CCCCC1. The van der Waals surface area contributed by atoms with Crippen molar-refractivity contribution in [3.05, 3.63) is 108 Å². The molecule has 3 aromatic carbocycles. The number of hydrogen-bond acceptors (Lipinski definition) is 2. The van der Waals surface area contributed by atoms with Crippen molar-refractivity contribution in [2.24, 2.45) is 5.92 Å². The maximum absolute atomic E-state index is 14.7. The number of carbonyl (C=O) groups is 1. The van der Waals surface area contributed by atoms with Gasteiger partial charge in [-0.2, -0.15) is 0 Å². The zero-order valence-corrected chi connectivity index (χ0v) is 23.8. The molecule has 2 nitrogen and oxygen atoms in total. The molecule has 0 bridgehead atoms. The molecule has 0 heterocycles. The summed E-state index contributed by atoms with van der Waals surface area (Å²) in [6, 6.07) is 31.0. The van der Waals surface area contributed by atoms with Gasteiger partial charge in [-0.15, -0.1) is 0 Å². The molecular weight excluding hydrogens is 468 g/mol. The molecule has 0 radical (unpaired) electrons. The van der Waals surface area contributed by atoms with Crippen LogP contribution < -0.4 is 10.4 Å². The number of ketones is 1. The van der Waals surface area contributed by atoms with Crippen LogP contribution in [0.3, 0.4) is 0 Å². The van der Waals surface area contributed by atoms with Gasteiger partial charge < -0.3 is 4.43 Å². The molecule has 194 valence electrons. The van der Waals surface area contributed by atoms with E-state index in [1.54, 1.807) is 0 Å². The molecule has 4 rings (SSSR count). The van der Waals surface area contributed by atoms with Crippen LogP contribution in [0.1, 0.15) is 75.6 Å². The van der Waals surface area contributed by atoms with E-state index in [4.69, 9.17) is 4.43 Å². The smallest absolute Gasteiger partial charge is 0.254 e. The van der Waals surface area contributed by atoms with E-state index in [-0.39, 0.29) is 5.78 Å². The molecule has 1 aliphatic carbocycles. The summed E-state index contributed by atoms with van der Waals surface area (Å²) < 4.78 is 7.54. The Morgan fingerprint density at radius 3 is 1.89 bits per heavy atom. The molecule has 0 spiro atoms. The number of unbranched alkanes of at least 4 members (excludes halogenated alkanes) is 1. The zero-order chi connectivity index (χ0) is 26.1. The molecule has 37 heavy (non-hydrogen) atoms. The Morgan fingerprint density at radius 2 is 1.38 bits per heavy atom. The predicted octanol–water partition coefficient (Wildman–Crippen LogP) is 7.73. The predicted molar refractivity (Wildman–Crippen MR) is 158 cm³/mol. The van der Waals surface area contributed by atoms with E-state index < -0.39 is 13.9 Å². The lowest BCUT2D eigenvalue weighted by Gasteiger charge is -2.43. The third-order valence-electron chi connectivity index (χ3n) is 8.09. The fourth-order valence-corrected chi connectivity index (χ4v) is 9.13. The summed E-state index contributed by atoms with van der Waals surface area (Å²) in [6.45, 7) is 6.63. The van der Waals surface area contributed by atoms with E-state index in [0.29, 0.717) is 12.3 Å². The maximum Gasteiger partial charge on any atom is 0.254 e. The van der Waals surface area contributed by atoms with Crippen LogP contribution in [0, 0.1) is 5.92 Å². The number of allylic oxidation sites excluding steroid dienone is 1. The number of rotatable bonds is 11. The minimum atomic E-state index is -2.77. The quantitative estimate of drug-likeness (QED) is 0.150. The van der Waals surface area contributed by atoms with Gasteiger partial charge in [-0.25, -0.2) is 0 Å². The van der Waals surface area contributed by atoms with Gasteiger partial charge >= 0.3 is 0 Å². The Labute approximate surface area is 224 Å². The summed E-state index contributed by atoms with van der Waals surface area (Å²) in [5.41, 5.74) is 0.821. The van der Waals surface area contributed by atoms with Crippen LogP contribution in [0.5, 0.6) is 0 Å². The highest BCUT2D eigenvalue weighted by Crippen LogP contribution is 2.37. The lowest BCUT2D eigenvalue weighted by molar-refractivity contribution is 0.0525. The molecule has 0 N–H and O–H groups in total. The van der Waals surface area contributed by atoms with Gasteiger partial charge in [0.05, 0.1) is 0 Å². The average molecular weight is 511 g/mol. The summed E-state index contributed by atoms with van der Waals surface area (Å²) in [5, 5.41) is 2.38. The van der Waals surface area contributed by atoms with Gasteiger partial charge in [-0.05, 0) is 54.6 Å². The van der Waals surface area contributed by atoms with Crippen molar-refractivity contribution in [3.63, 3.8) is 0 Å². The molecule has 1 aliphatic rings. The average Bonchev–Trinajstić information content (AvgIpc) is 2.96. The van der Waals surface area contributed by atoms with Crippen molar-refractivity contribution < 1.29 is 9.22 Å². The molecule has 0 unspecified atom stereocenters. The summed E-state index contributed by atoms with van der Waals surface area (Å²) >= 11 is 0. The minimum Gasteiger partial charge on any atom is -0.392 e. The normalized spacial score (nSPS) is 16.8. The van der Waals surface area contributed by atoms with Crippen molar-refractivity contribution in [1.29, 1.82) is 0 Å². The Kier molecular flexibility index (Phi) is 9.34. The first-order chi connectivity index (χ1) is 18.0. The lowest BCUT2D eigenvalue weighted by Crippen LogP contribution is -2.64. The van der Waals surface area contributed by atoms with E-state index in [9.17, 15) is 4.79 Å². The highest BCUT2D eigenvalue weighted by molar-refractivity contribution is 6.96. The van der Waals surface area contributed by atoms with E-state index in [2.05, 4.69) is 87.1 Å². The van der Waals surface area contributed by atoms with Gasteiger partial charge in [-0.3, -0.25) is 4.79 Å². The summed E-state index contributed by atoms with van der Waals surface area (Å²) in [6.07, 6.45) is 11.3. The van der Waals surface area contributed by atoms with Crippen molar-refractivity contribution in [1.82, 2.24) is 0 Å². The molecule has 0 saturated heterocycles. The Hall–Kier alpha value is -2.75. The van der Waals surface area contributed by atoms with Crippen molar-refractivity contribution >= 4 is 24.5 Å². The Morgan fingerprint density at radius 1 is 0.865 bits per heavy atom. The largest absolute Gasteiger partial charge is 0.392 e. The van der Waals surface area contributed by atoms with Gasteiger partial charge in [0.25, 0.3) is 8.32 Å². The van der Waals surface area contributed by atoms with Gasteiger partial charge in [0.1, 0.15) is 5.60 Å². The van der Waals surface area contributed by atoms with E-state index >= 15 is 0 Å². The number of carbonyl (C=O) groups excluding carboxylic acids is 1. The van der Waals surface area contributed by atoms with Gasteiger partial charge in [0.15, 0.2) is 5.78 Å². The summed E-state index contributed by atoms with van der Waals surface area (Å²) in [4.78, 5) is 14.7. The number of hydrogen-bond donors (Lipinski definition) is 0. The van der Waals surface area contributed by atoms with Crippen LogP contribution in [-0.2, 0) is 4.43 Å². The van der Waals surface area contributed by atoms with Crippen LogP contribution in [-0.4, -0.2) is 19.7 Å². The van der Waals surface area contributed by atoms with Crippen LogP contribution in [0.25, 0.3) is 0 Å². The fraction of sp³-hybridized carbons (Fsp3) is 0.382. The van der Waals surface area contributed by atoms with E-state index in [1.165, 1.54) is 42.5 Å². The highest BCUT2D eigenvalue weighted by Gasteiger charge is 2.49. The zero-order valence-electron chi connectivity index (χ0n) is 22.8. The Balaban J connectivity index is 1.91. The van der Waals surface area contributed by atoms with Crippen LogP contribution in [0.15, 0.2) is 103 Å². The third-order valence-corrected chi connectivity index (χ3v) is 11.7. The molecule has 3 heteroatoms. The monoisotopic (exact) mass is 510 g/mol. The molecular formula is C34H42O2Si. The third kappa shape index (κ3) is 6.22. The molecule has 1 saturated carbocycles. The summed E-state index contributed by atoms with van der Waals surface area (Å²) in [7, 11) is -2.77. The van der Waals surface area contributed by atoms with Crippen molar-refractivity contribution in [2.75, 3.05) is 0 Å². The van der Waals surface area contributed by atoms with Gasteiger partial charge in [-0.1, -0.05) is 136 Å². The second-order valence-electron chi connectivity index (χ2n) is 10.7. The number of benzene rings is 3. The fourth-order valence-electron chi connectivity index (χ4n) is 5.85. The Bertz CT molecular complexity index is 1110. The first kappa shape index (κ1) is 27.3. The standard InChI is InChI=1S/C34H42O2Si/c1-4-5-26-34(33(35)30-20-12-7-13-21-30,28(2)27-29-18-10-6-11-19-29)36-37(3,31-22-14-8-15-23-31)32-24-16-9-17-25-32/h7-9,12-17,20-25,27,29H,4-6,10-11,18-19,26H2,1-3H3/b28-27+/t34-/m0/s1. The summed E-state index contributed by atoms with van der Waals surface area (Å²) in [5.74, 6) is 0.611. The molecule has 1 atom stereocenters. The van der Waals surface area contributed by atoms with Gasteiger partial charge in [0.2, 0.25) is 0 Å². The van der Waals surface area contributed by atoms with Crippen LogP contribution in [0.2, 0.25) is 6.55 Å². The minimum absolute atomic E-state index is 0.0942. The molecule has 3 aromatic rings. The van der Waals surface area contributed by atoms with Crippen molar-refractivity contribution in [2.45, 2.75) is 77.4 Å². The second-order valence-corrected chi connectivity index (χ2v) is 14.2. The first-order valence-electron chi connectivity index (χ1n) is 14.1. The lowest BCUT2D eigenvalue weighted by atomic mass is 9.79. The first-order valence-corrected chi connectivity index (χ1v) is 16.5. The molecule has 1 fully saturated rings. The van der Waals surface area contributed by atoms with E-state index in [1.807, 2.05) is 30.3 Å². The maximum atomic E-state index is 14.7. The highest BCUT2D eigenvalue weighted by atomic mass is 28.4. The van der Waals surface area contributed by atoms with Crippen molar-refractivity contribution in [3.8, 4) is 0 Å². The molecule has 0 aromatic heterocycles. The van der Waals surface area contributed by atoms with Crippen LogP contribution in [0.4, 0.5) is 0 Å². The molecule has 0 amide bonds. The topological polar surface area (TPSA) is 26.3 Å². The van der Waals surface area contributed by atoms with E-state index in [0.717, 1.165) is 24.0 Å². The van der Waals surface area contributed by atoms with Crippen LogP contribution >= 0.6 is 0 Å². The second kappa shape index (κ2) is 12.7.